The van der Waals surface area contributed by atoms with Gasteiger partial charge in [0.15, 0.2) is 0 Å². The third-order valence-corrected chi connectivity index (χ3v) is 4.20. The Hall–Kier alpha value is -1.76. The molecule has 0 amide bonds. The van der Waals surface area contributed by atoms with Crippen LogP contribution in [0.15, 0.2) is 27.5 Å². The second kappa shape index (κ2) is 4.37. The molecular formula is C13H12BrN3O3. The van der Waals surface area contributed by atoms with Gasteiger partial charge >= 0.3 is 5.97 Å². The lowest BCUT2D eigenvalue weighted by Gasteiger charge is -1.96. The Morgan fingerprint density at radius 1 is 1.45 bits per heavy atom. The highest BCUT2D eigenvalue weighted by atomic mass is 79.9. The normalized spacial score (nSPS) is 23.6. The molecule has 7 heteroatoms. The molecular weight excluding hydrogens is 326 g/mol. The summed E-state index contributed by atoms with van der Waals surface area (Å²) in [4.78, 5) is 19.5. The van der Waals surface area contributed by atoms with Gasteiger partial charge in [-0.1, -0.05) is 19.0 Å². The quantitative estimate of drug-likeness (QED) is 0.926. The fraction of sp³-hybridized carbons (Fsp3) is 0.385. The van der Waals surface area contributed by atoms with Gasteiger partial charge in [0, 0.05) is 22.4 Å². The van der Waals surface area contributed by atoms with Crippen molar-refractivity contribution in [3.05, 3.63) is 28.8 Å². The molecule has 1 N–H and O–H groups in total. The Morgan fingerprint density at radius 2 is 2.20 bits per heavy atom. The molecule has 3 rings (SSSR count). The lowest BCUT2D eigenvalue weighted by molar-refractivity contribution is -0.139. The highest BCUT2D eigenvalue weighted by Gasteiger charge is 2.65. The van der Waals surface area contributed by atoms with E-state index in [1.54, 1.807) is 12.4 Å². The number of pyridine rings is 1. The van der Waals surface area contributed by atoms with Crippen molar-refractivity contribution in [3.63, 3.8) is 0 Å². The third kappa shape index (κ3) is 2.02. The van der Waals surface area contributed by atoms with Gasteiger partial charge in [-0.05, 0) is 27.4 Å². The number of aliphatic carboxylic acids is 1. The first-order valence-corrected chi connectivity index (χ1v) is 6.88. The summed E-state index contributed by atoms with van der Waals surface area (Å²) in [6.45, 7) is 3.78. The molecule has 6 nitrogen and oxygen atoms in total. The monoisotopic (exact) mass is 337 g/mol. The van der Waals surface area contributed by atoms with E-state index in [2.05, 4.69) is 31.1 Å². The number of hydrogen-bond acceptors (Lipinski definition) is 5. The maximum atomic E-state index is 11.2. The summed E-state index contributed by atoms with van der Waals surface area (Å²) in [5, 5.41) is 13.1. The maximum absolute atomic E-state index is 11.2. The fourth-order valence-corrected chi connectivity index (χ4v) is 2.94. The topological polar surface area (TPSA) is 89.1 Å². The van der Waals surface area contributed by atoms with E-state index in [1.807, 2.05) is 19.9 Å². The zero-order valence-corrected chi connectivity index (χ0v) is 12.5. The molecule has 1 saturated carbocycles. The molecule has 0 radical (unpaired) electrons. The smallest absolute Gasteiger partial charge is 0.307 e. The minimum Gasteiger partial charge on any atom is -0.481 e. The summed E-state index contributed by atoms with van der Waals surface area (Å²) >= 11 is 3.33. The van der Waals surface area contributed by atoms with Gasteiger partial charge in [0.25, 0.3) is 0 Å². The molecule has 2 aromatic rings. The van der Waals surface area contributed by atoms with E-state index >= 15 is 0 Å². The first-order chi connectivity index (χ1) is 9.41. The summed E-state index contributed by atoms with van der Waals surface area (Å²) in [5.41, 5.74) is 0.366. The average molecular weight is 338 g/mol. The first-order valence-electron chi connectivity index (χ1n) is 6.08. The maximum Gasteiger partial charge on any atom is 0.307 e. The Balaban J connectivity index is 1.91. The summed E-state index contributed by atoms with van der Waals surface area (Å²) in [5.74, 6) is -0.750. The largest absolute Gasteiger partial charge is 0.481 e. The summed E-state index contributed by atoms with van der Waals surface area (Å²) < 4.78 is 6.05. The van der Waals surface area contributed by atoms with Gasteiger partial charge in [-0.25, -0.2) is 0 Å². The highest BCUT2D eigenvalue weighted by molar-refractivity contribution is 9.10. The van der Waals surface area contributed by atoms with Crippen LogP contribution in [0.5, 0.6) is 0 Å². The Bertz CT molecular complexity index is 683. The van der Waals surface area contributed by atoms with Crippen LogP contribution in [-0.4, -0.2) is 26.2 Å². The van der Waals surface area contributed by atoms with Crippen molar-refractivity contribution in [3.8, 4) is 11.4 Å². The Kier molecular flexibility index (Phi) is 2.89. The molecule has 2 heterocycles. The molecule has 0 spiro atoms. The molecule has 2 aromatic heterocycles. The second-order valence-corrected chi connectivity index (χ2v) is 6.38. The van der Waals surface area contributed by atoms with Crippen molar-refractivity contribution in [1.29, 1.82) is 0 Å². The number of aromatic nitrogens is 3. The van der Waals surface area contributed by atoms with E-state index < -0.39 is 11.9 Å². The second-order valence-electron chi connectivity index (χ2n) is 5.46. The van der Waals surface area contributed by atoms with E-state index in [-0.39, 0.29) is 11.3 Å². The van der Waals surface area contributed by atoms with Crippen molar-refractivity contribution in [2.24, 2.45) is 11.3 Å². The van der Waals surface area contributed by atoms with E-state index in [1.165, 1.54) is 0 Å². The molecule has 104 valence electrons. The van der Waals surface area contributed by atoms with Crippen LogP contribution in [0, 0.1) is 11.3 Å². The SMILES string of the molecule is CC1(C)C(C(=O)O)C1c1nc(-c2cncc(Br)c2)no1. The van der Waals surface area contributed by atoms with E-state index in [0.29, 0.717) is 11.7 Å². The zero-order chi connectivity index (χ0) is 14.5. The number of rotatable bonds is 3. The summed E-state index contributed by atoms with van der Waals surface area (Å²) in [6.07, 6.45) is 3.29. The van der Waals surface area contributed by atoms with Crippen LogP contribution in [0.1, 0.15) is 25.7 Å². The Labute approximate surface area is 123 Å². The van der Waals surface area contributed by atoms with Crippen molar-refractivity contribution < 1.29 is 14.4 Å². The van der Waals surface area contributed by atoms with Gasteiger partial charge in [0.1, 0.15) is 0 Å². The van der Waals surface area contributed by atoms with Gasteiger partial charge in [-0.15, -0.1) is 0 Å². The molecule has 1 aliphatic carbocycles. The van der Waals surface area contributed by atoms with Crippen molar-refractivity contribution >= 4 is 21.9 Å². The van der Waals surface area contributed by atoms with Gasteiger partial charge in [0.2, 0.25) is 11.7 Å². The van der Waals surface area contributed by atoms with Crippen LogP contribution in [0.25, 0.3) is 11.4 Å². The fourth-order valence-electron chi connectivity index (χ4n) is 2.57. The predicted molar refractivity (Wildman–Crippen MR) is 72.9 cm³/mol. The van der Waals surface area contributed by atoms with Crippen molar-refractivity contribution in [1.82, 2.24) is 15.1 Å². The highest BCUT2D eigenvalue weighted by Crippen LogP contribution is 2.64. The Morgan fingerprint density at radius 3 is 2.80 bits per heavy atom. The van der Waals surface area contributed by atoms with Gasteiger partial charge in [-0.2, -0.15) is 4.98 Å². The molecule has 1 aliphatic rings. The van der Waals surface area contributed by atoms with E-state index in [0.717, 1.165) is 10.0 Å². The average Bonchev–Trinajstić information content (AvgIpc) is 2.73. The number of nitrogens with zero attached hydrogens (tertiary/aromatic N) is 3. The van der Waals surface area contributed by atoms with Crippen LogP contribution in [0.4, 0.5) is 0 Å². The van der Waals surface area contributed by atoms with Crippen LogP contribution in [0.2, 0.25) is 0 Å². The molecule has 1 fully saturated rings. The molecule has 2 atom stereocenters. The minimum atomic E-state index is -0.830. The molecule has 0 bridgehead atoms. The van der Waals surface area contributed by atoms with Crippen molar-refractivity contribution in [2.75, 3.05) is 0 Å². The molecule has 0 saturated heterocycles. The van der Waals surface area contributed by atoms with Crippen LogP contribution >= 0.6 is 15.9 Å². The summed E-state index contributed by atoms with van der Waals surface area (Å²) in [7, 11) is 0. The van der Waals surface area contributed by atoms with Crippen molar-refractivity contribution in [2.45, 2.75) is 19.8 Å². The van der Waals surface area contributed by atoms with Crippen LogP contribution < -0.4 is 0 Å². The van der Waals surface area contributed by atoms with Gasteiger partial charge < -0.3 is 9.63 Å². The van der Waals surface area contributed by atoms with E-state index in [4.69, 9.17) is 4.52 Å². The van der Waals surface area contributed by atoms with Gasteiger partial charge in [-0.3, -0.25) is 9.78 Å². The minimum absolute atomic E-state index is 0.235. The third-order valence-electron chi connectivity index (χ3n) is 3.76. The zero-order valence-electron chi connectivity index (χ0n) is 10.9. The number of carboxylic acids is 1. The van der Waals surface area contributed by atoms with Gasteiger partial charge in [0.05, 0.1) is 11.8 Å². The number of hydrogen-bond donors (Lipinski definition) is 1. The van der Waals surface area contributed by atoms with Crippen LogP contribution in [0.3, 0.4) is 0 Å². The lowest BCUT2D eigenvalue weighted by Crippen LogP contribution is -2.03. The summed E-state index contributed by atoms with van der Waals surface area (Å²) in [6, 6.07) is 1.83. The van der Waals surface area contributed by atoms with E-state index in [9.17, 15) is 9.90 Å². The molecule has 2 unspecified atom stereocenters. The molecule has 0 aliphatic heterocycles. The lowest BCUT2D eigenvalue weighted by atomic mass is 10.1. The number of carboxylic acid groups (broad SMARTS) is 1. The standard InChI is InChI=1S/C13H12BrN3O3/c1-13(2)8(9(13)12(18)19)11-16-10(17-20-11)6-3-7(14)5-15-4-6/h3-5,8-9H,1-2H3,(H,18,19). The number of carbonyl (C=O) groups is 1. The molecule has 20 heavy (non-hydrogen) atoms. The predicted octanol–water partition coefficient (Wildman–Crippen LogP) is 2.72. The number of halogens is 1. The first kappa shape index (κ1) is 13.2. The van der Waals surface area contributed by atoms with Crippen LogP contribution in [-0.2, 0) is 4.79 Å². The molecule has 0 aromatic carbocycles.